The standard InChI is InChI=1S/C15H14F3NO3/c16-15(17,18)22-13-6-2-4-11(8-13)14(21)19-12-5-1-3-10(7-12)9-20/h1,3-5,7-8,20H,2,6,9H2,(H,19,21). The number of anilines is 1. The number of aliphatic hydroxyl groups is 1. The van der Waals surface area contributed by atoms with E-state index >= 15 is 0 Å². The van der Waals surface area contributed by atoms with Gasteiger partial charge in [-0.05, 0) is 30.2 Å². The Kier molecular flexibility index (Phi) is 4.87. The maximum atomic E-state index is 12.2. The highest BCUT2D eigenvalue weighted by atomic mass is 19.4. The first-order chi connectivity index (χ1) is 10.4. The van der Waals surface area contributed by atoms with Crippen LogP contribution in [0.15, 0.2) is 47.7 Å². The molecule has 22 heavy (non-hydrogen) atoms. The van der Waals surface area contributed by atoms with Crippen LogP contribution < -0.4 is 5.32 Å². The number of allylic oxidation sites excluding steroid dienone is 2. The van der Waals surface area contributed by atoms with E-state index in [0.29, 0.717) is 17.7 Å². The highest BCUT2D eigenvalue weighted by molar-refractivity contribution is 6.05. The highest BCUT2D eigenvalue weighted by Crippen LogP contribution is 2.27. The van der Waals surface area contributed by atoms with Gasteiger partial charge in [0, 0.05) is 17.7 Å². The van der Waals surface area contributed by atoms with Crippen molar-refractivity contribution in [3.8, 4) is 0 Å². The van der Waals surface area contributed by atoms with Gasteiger partial charge in [-0.2, -0.15) is 0 Å². The molecule has 2 rings (SSSR count). The Morgan fingerprint density at radius 3 is 2.82 bits per heavy atom. The van der Waals surface area contributed by atoms with Crippen LogP contribution in [0.1, 0.15) is 18.4 Å². The van der Waals surface area contributed by atoms with Gasteiger partial charge in [0.2, 0.25) is 0 Å². The first-order valence-electron chi connectivity index (χ1n) is 6.55. The second-order valence-corrected chi connectivity index (χ2v) is 4.67. The summed E-state index contributed by atoms with van der Waals surface area (Å²) in [5, 5.41) is 11.6. The van der Waals surface area contributed by atoms with Gasteiger partial charge in [0.25, 0.3) is 5.91 Å². The van der Waals surface area contributed by atoms with Crippen molar-refractivity contribution in [1.82, 2.24) is 0 Å². The molecular weight excluding hydrogens is 299 g/mol. The van der Waals surface area contributed by atoms with Crippen molar-refractivity contribution in [2.45, 2.75) is 25.8 Å². The number of rotatable bonds is 4. The van der Waals surface area contributed by atoms with Crippen LogP contribution in [-0.4, -0.2) is 17.4 Å². The molecule has 0 aromatic heterocycles. The van der Waals surface area contributed by atoms with Crippen molar-refractivity contribution in [1.29, 1.82) is 0 Å². The molecule has 0 saturated carbocycles. The van der Waals surface area contributed by atoms with Gasteiger partial charge in [-0.1, -0.05) is 18.2 Å². The van der Waals surface area contributed by atoms with E-state index in [2.05, 4.69) is 10.1 Å². The summed E-state index contributed by atoms with van der Waals surface area (Å²) in [6.07, 6.45) is -1.74. The first kappa shape index (κ1) is 16.1. The fourth-order valence-corrected chi connectivity index (χ4v) is 2.01. The molecule has 7 heteroatoms. The lowest BCUT2D eigenvalue weighted by Gasteiger charge is -2.16. The number of halogens is 3. The number of hydrogen-bond acceptors (Lipinski definition) is 3. The lowest BCUT2D eigenvalue weighted by molar-refractivity contribution is -0.306. The monoisotopic (exact) mass is 313 g/mol. The van der Waals surface area contributed by atoms with E-state index in [0.717, 1.165) is 6.08 Å². The molecule has 1 aliphatic carbocycles. The van der Waals surface area contributed by atoms with E-state index in [-0.39, 0.29) is 24.4 Å². The van der Waals surface area contributed by atoms with Gasteiger partial charge in [-0.3, -0.25) is 4.79 Å². The summed E-state index contributed by atoms with van der Waals surface area (Å²) in [7, 11) is 0. The molecule has 0 aliphatic heterocycles. The Bertz CT molecular complexity index is 621. The summed E-state index contributed by atoms with van der Waals surface area (Å²) in [5.41, 5.74) is 1.18. The third kappa shape index (κ3) is 4.63. The van der Waals surface area contributed by atoms with Crippen LogP contribution in [0.3, 0.4) is 0 Å². The molecule has 0 fully saturated rings. The molecule has 1 aromatic rings. The van der Waals surface area contributed by atoms with Crippen molar-refractivity contribution in [3.63, 3.8) is 0 Å². The van der Waals surface area contributed by atoms with Gasteiger partial charge in [-0.25, -0.2) is 0 Å². The van der Waals surface area contributed by atoms with Crippen molar-refractivity contribution >= 4 is 11.6 Å². The molecule has 0 spiro atoms. The number of aliphatic hydroxyl groups excluding tert-OH is 1. The van der Waals surface area contributed by atoms with Gasteiger partial charge in [0.05, 0.1) is 6.61 Å². The predicted octanol–water partition coefficient (Wildman–Crippen LogP) is 3.26. The minimum Gasteiger partial charge on any atom is -0.410 e. The molecule has 0 bridgehead atoms. The van der Waals surface area contributed by atoms with Crippen molar-refractivity contribution < 1.29 is 27.8 Å². The number of carbonyl (C=O) groups excluding carboxylic acids is 1. The average Bonchev–Trinajstić information content (AvgIpc) is 2.46. The molecular formula is C15H14F3NO3. The number of ether oxygens (including phenoxy) is 1. The first-order valence-corrected chi connectivity index (χ1v) is 6.55. The smallest absolute Gasteiger partial charge is 0.410 e. The maximum absolute atomic E-state index is 12.2. The van der Waals surface area contributed by atoms with Crippen LogP contribution in [0.4, 0.5) is 18.9 Å². The number of nitrogens with one attached hydrogen (secondary N) is 1. The van der Waals surface area contributed by atoms with E-state index in [9.17, 15) is 18.0 Å². The van der Waals surface area contributed by atoms with E-state index in [1.165, 1.54) is 0 Å². The zero-order chi connectivity index (χ0) is 16.2. The Hall–Kier alpha value is -2.28. The summed E-state index contributed by atoms with van der Waals surface area (Å²) in [4.78, 5) is 12.1. The van der Waals surface area contributed by atoms with Crippen LogP contribution in [0, 0.1) is 0 Å². The van der Waals surface area contributed by atoms with E-state index in [1.807, 2.05) is 0 Å². The lowest BCUT2D eigenvalue weighted by Crippen LogP contribution is -2.18. The number of benzene rings is 1. The van der Waals surface area contributed by atoms with E-state index in [4.69, 9.17) is 5.11 Å². The molecule has 1 aliphatic rings. The zero-order valence-electron chi connectivity index (χ0n) is 11.5. The number of hydrogen-bond donors (Lipinski definition) is 2. The van der Waals surface area contributed by atoms with E-state index < -0.39 is 12.3 Å². The number of carbonyl (C=O) groups is 1. The molecule has 118 valence electrons. The van der Waals surface area contributed by atoms with Gasteiger partial charge in [0.1, 0.15) is 5.76 Å². The van der Waals surface area contributed by atoms with Crippen LogP contribution in [-0.2, 0) is 16.1 Å². The summed E-state index contributed by atoms with van der Waals surface area (Å²) in [5.74, 6) is -0.817. The van der Waals surface area contributed by atoms with Crippen LogP contribution in [0.5, 0.6) is 0 Å². The van der Waals surface area contributed by atoms with Gasteiger partial charge in [0.15, 0.2) is 0 Å². The fourth-order valence-electron chi connectivity index (χ4n) is 2.01. The largest absolute Gasteiger partial charge is 0.572 e. The third-order valence-corrected chi connectivity index (χ3v) is 2.95. The quantitative estimate of drug-likeness (QED) is 0.897. The SMILES string of the molecule is O=C(Nc1cccc(CO)c1)C1=CCCC(OC(F)(F)F)=C1. The van der Waals surface area contributed by atoms with E-state index in [1.54, 1.807) is 30.3 Å². The summed E-state index contributed by atoms with van der Waals surface area (Å²) >= 11 is 0. The molecule has 4 nitrogen and oxygen atoms in total. The van der Waals surface area contributed by atoms with Crippen molar-refractivity contribution in [2.75, 3.05) is 5.32 Å². The van der Waals surface area contributed by atoms with Crippen LogP contribution in [0.25, 0.3) is 0 Å². The summed E-state index contributed by atoms with van der Waals surface area (Å²) in [6, 6.07) is 6.55. The molecule has 0 atom stereocenters. The molecule has 0 heterocycles. The zero-order valence-corrected chi connectivity index (χ0v) is 11.5. The second kappa shape index (κ2) is 6.65. The molecule has 0 unspecified atom stereocenters. The minimum atomic E-state index is -4.76. The molecule has 1 amide bonds. The topological polar surface area (TPSA) is 58.6 Å². The van der Waals surface area contributed by atoms with Crippen molar-refractivity contribution in [2.24, 2.45) is 0 Å². The fraction of sp³-hybridized carbons (Fsp3) is 0.267. The van der Waals surface area contributed by atoms with Gasteiger partial charge >= 0.3 is 6.36 Å². The molecule has 0 radical (unpaired) electrons. The van der Waals surface area contributed by atoms with Gasteiger partial charge < -0.3 is 15.2 Å². The molecule has 0 saturated heterocycles. The molecule has 2 N–H and O–H groups in total. The summed E-state index contributed by atoms with van der Waals surface area (Å²) in [6.45, 7) is -0.171. The number of amides is 1. The molecule has 1 aromatic carbocycles. The van der Waals surface area contributed by atoms with Gasteiger partial charge in [-0.15, -0.1) is 13.2 Å². The van der Waals surface area contributed by atoms with Crippen LogP contribution in [0.2, 0.25) is 0 Å². The van der Waals surface area contributed by atoms with Crippen molar-refractivity contribution in [3.05, 3.63) is 53.3 Å². The maximum Gasteiger partial charge on any atom is 0.572 e. The predicted molar refractivity (Wildman–Crippen MR) is 73.5 cm³/mol. The lowest BCUT2D eigenvalue weighted by atomic mass is 10.0. The Labute approximate surface area is 124 Å². The number of alkyl halides is 3. The van der Waals surface area contributed by atoms with Crippen LogP contribution >= 0.6 is 0 Å². The Morgan fingerprint density at radius 1 is 1.36 bits per heavy atom. The average molecular weight is 313 g/mol. The normalized spacial score (nSPS) is 14.9. The minimum absolute atomic E-state index is 0.0935. The summed E-state index contributed by atoms with van der Waals surface area (Å²) < 4.78 is 40.4. The third-order valence-electron chi connectivity index (χ3n) is 2.95. The second-order valence-electron chi connectivity index (χ2n) is 4.67. The highest BCUT2D eigenvalue weighted by Gasteiger charge is 2.32. The Balaban J connectivity index is 2.07. The Morgan fingerprint density at radius 2 is 2.14 bits per heavy atom.